The Kier molecular flexibility index (Phi) is 4.53. The van der Waals surface area contributed by atoms with Gasteiger partial charge in [0.25, 0.3) is 0 Å². The third-order valence-corrected chi connectivity index (χ3v) is 4.85. The molecular weight excluding hydrogens is 220 g/mol. The topological polar surface area (TPSA) is 32.3 Å². The summed E-state index contributed by atoms with van der Waals surface area (Å²) in [4.78, 5) is 14.0. The molecule has 92 valence electrons. The van der Waals surface area contributed by atoms with Crippen LogP contribution in [0.5, 0.6) is 0 Å². The van der Waals surface area contributed by atoms with Crippen molar-refractivity contribution in [1.29, 1.82) is 0 Å². The van der Waals surface area contributed by atoms with Crippen molar-refractivity contribution >= 4 is 17.7 Å². The molecule has 4 heteroatoms. The van der Waals surface area contributed by atoms with Crippen LogP contribution in [0.4, 0.5) is 0 Å². The minimum absolute atomic E-state index is 0.244. The van der Waals surface area contributed by atoms with Crippen LogP contribution in [0.15, 0.2) is 0 Å². The fourth-order valence-electron chi connectivity index (χ4n) is 2.52. The largest absolute Gasteiger partial charge is 0.343 e. The number of piperidine rings is 1. The number of thioether (sulfide) groups is 1. The molecule has 2 unspecified atom stereocenters. The number of hydrogen-bond acceptors (Lipinski definition) is 3. The Hall–Kier alpha value is -0.220. The van der Waals surface area contributed by atoms with E-state index < -0.39 is 0 Å². The van der Waals surface area contributed by atoms with E-state index in [0.29, 0.717) is 11.9 Å². The molecule has 3 nitrogen and oxygen atoms in total. The molecule has 0 radical (unpaired) electrons. The summed E-state index contributed by atoms with van der Waals surface area (Å²) in [6, 6.07) is 0.522. The van der Waals surface area contributed by atoms with E-state index in [0.717, 1.165) is 25.3 Å². The smallest absolute Gasteiger partial charge is 0.235 e. The molecule has 2 saturated heterocycles. The van der Waals surface area contributed by atoms with E-state index in [2.05, 4.69) is 5.32 Å². The number of nitrogens with one attached hydrogen (secondary N) is 1. The van der Waals surface area contributed by atoms with Crippen molar-refractivity contribution in [3.63, 3.8) is 0 Å². The third kappa shape index (κ3) is 3.14. The Morgan fingerprint density at radius 2 is 2.25 bits per heavy atom. The van der Waals surface area contributed by atoms with Gasteiger partial charge in [-0.05, 0) is 38.0 Å². The van der Waals surface area contributed by atoms with E-state index in [1.165, 1.54) is 25.7 Å². The van der Waals surface area contributed by atoms with Crippen LogP contribution in [0.3, 0.4) is 0 Å². The van der Waals surface area contributed by atoms with E-state index in [1.807, 2.05) is 23.7 Å². The standard InChI is InChI=1S/C12H22N2OS/c1-14(9-10-5-2-3-7-13-10)12(15)11-6-4-8-16-11/h10-11,13H,2-9H2,1H3. The number of hydrogen-bond donors (Lipinski definition) is 1. The predicted octanol–water partition coefficient (Wildman–Crippen LogP) is 1.48. The zero-order valence-corrected chi connectivity index (χ0v) is 10.9. The van der Waals surface area contributed by atoms with Gasteiger partial charge in [-0.25, -0.2) is 0 Å². The van der Waals surface area contributed by atoms with Gasteiger partial charge in [0, 0.05) is 19.6 Å². The molecule has 0 saturated carbocycles. The molecule has 1 N–H and O–H groups in total. The Labute approximate surface area is 102 Å². The van der Waals surface area contributed by atoms with Crippen molar-refractivity contribution in [3.05, 3.63) is 0 Å². The molecule has 0 bridgehead atoms. The van der Waals surface area contributed by atoms with Crippen LogP contribution in [-0.4, -0.2) is 48.0 Å². The maximum Gasteiger partial charge on any atom is 0.235 e. The van der Waals surface area contributed by atoms with Gasteiger partial charge in [-0.2, -0.15) is 0 Å². The highest BCUT2D eigenvalue weighted by Gasteiger charge is 2.27. The Morgan fingerprint density at radius 3 is 2.88 bits per heavy atom. The highest BCUT2D eigenvalue weighted by molar-refractivity contribution is 8.00. The van der Waals surface area contributed by atoms with E-state index in [1.54, 1.807) is 0 Å². The van der Waals surface area contributed by atoms with E-state index in [4.69, 9.17) is 0 Å². The summed E-state index contributed by atoms with van der Waals surface area (Å²) in [6.45, 7) is 2.00. The van der Waals surface area contributed by atoms with Crippen LogP contribution >= 0.6 is 11.8 Å². The lowest BCUT2D eigenvalue weighted by molar-refractivity contribution is -0.129. The molecule has 0 aliphatic carbocycles. The highest BCUT2D eigenvalue weighted by Crippen LogP contribution is 2.27. The molecule has 2 heterocycles. The summed E-state index contributed by atoms with van der Waals surface area (Å²) in [7, 11) is 1.96. The highest BCUT2D eigenvalue weighted by atomic mass is 32.2. The van der Waals surface area contributed by atoms with Gasteiger partial charge in [-0.1, -0.05) is 6.42 Å². The molecule has 0 aromatic carbocycles. The van der Waals surface area contributed by atoms with Gasteiger partial charge in [0.2, 0.25) is 5.91 Å². The Balaban J connectivity index is 1.77. The van der Waals surface area contributed by atoms with Gasteiger partial charge in [-0.15, -0.1) is 11.8 Å². The van der Waals surface area contributed by atoms with Gasteiger partial charge < -0.3 is 10.2 Å². The van der Waals surface area contributed by atoms with Crippen molar-refractivity contribution in [2.75, 3.05) is 25.9 Å². The minimum atomic E-state index is 0.244. The third-order valence-electron chi connectivity index (χ3n) is 3.49. The maximum atomic E-state index is 12.1. The maximum absolute atomic E-state index is 12.1. The zero-order valence-electron chi connectivity index (χ0n) is 10.1. The summed E-state index contributed by atoms with van der Waals surface area (Å²) in [6.07, 6.45) is 6.09. The van der Waals surface area contributed by atoms with Gasteiger partial charge in [0.1, 0.15) is 0 Å². The van der Waals surface area contributed by atoms with E-state index in [9.17, 15) is 4.79 Å². The number of carbonyl (C=O) groups is 1. The summed E-state index contributed by atoms with van der Waals surface area (Å²) >= 11 is 1.83. The van der Waals surface area contributed by atoms with E-state index >= 15 is 0 Å². The van der Waals surface area contributed by atoms with Crippen LogP contribution in [0.2, 0.25) is 0 Å². The zero-order chi connectivity index (χ0) is 11.4. The SMILES string of the molecule is CN(CC1CCCCN1)C(=O)C1CCCS1. The average molecular weight is 242 g/mol. The molecule has 0 aromatic heterocycles. The predicted molar refractivity (Wildman–Crippen MR) is 68.8 cm³/mol. The van der Waals surface area contributed by atoms with Crippen molar-refractivity contribution < 1.29 is 4.79 Å². The normalized spacial score (nSPS) is 30.3. The number of nitrogens with zero attached hydrogens (tertiary/aromatic N) is 1. The number of carbonyl (C=O) groups excluding carboxylic acids is 1. The lowest BCUT2D eigenvalue weighted by atomic mass is 10.0. The average Bonchev–Trinajstić information content (AvgIpc) is 2.83. The first kappa shape index (κ1) is 12.2. The first-order valence-corrected chi connectivity index (χ1v) is 7.42. The summed E-state index contributed by atoms with van der Waals surface area (Å²) in [5, 5.41) is 3.74. The van der Waals surface area contributed by atoms with Crippen LogP contribution < -0.4 is 5.32 Å². The minimum Gasteiger partial charge on any atom is -0.343 e. The molecule has 2 aliphatic rings. The molecule has 2 aliphatic heterocycles. The van der Waals surface area contributed by atoms with Gasteiger partial charge in [0.15, 0.2) is 0 Å². The van der Waals surface area contributed by atoms with Gasteiger partial charge in [-0.3, -0.25) is 4.79 Å². The van der Waals surface area contributed by atoms with Crippen molar-refractivity contribution in [3.8, 4) is 0 Å². The number of amides is 1. The second kappa shape index (κ2) is 5.92. The number of likely N-dealkylation sites (N-methyl/N-ethyl adjacent to an activating group) is 1. The summed E-state index contributed by atoms with van der Waals surface area (Å²) < 4.78 is 0. The number of rotatable bonds is 3. The first-order chi connectivity index (χ1) is 7.77. The Bertz CT molecular complexity index is 235. The van der Waals surface area contributed by atoms with Gasteiger partial charge >= 0.3 is 0 Å². The lowest BCUT2D eigenvalue weighted by Gasteiger charge is -2.29. The summed E-state index contributed by atoms with van der Waals surface area (Å²) in [5.41, 5.74) is 0. The molecule has 16 heavy (non-hydrogen) atoms. The van der Waals surface area contributed by atoms with Gasteiger partial charge in [0.05, 0.1) is 5.25 Å². The molecule has 2 rings (SSSR count). The second-order valence-electron chi connectivity index (χ2n) is 4.87. The molecular formula is C12H22N2OS. The fourth-order valence-corrected chi connectivity index (χ4v) is 3.79. The molecule has 1 amide bonds. The van der Waals surface area contributed by atoms with Crippen molar-refractivity contribution in [1.82, 2.24) is 10.2 Å². The van der Waals surface area contributed by atoms with Crippen molar-refractivity contribution in [2.45, 2.75) is 43.4 Å². The van der Waals surface area contributed by atoms with E-state index in [-0.39, 0.29) is 5.25 Å². The van der Waals surface area contributed by atoms with Crippen LogP contribution in [0.1, 0.15) is 32.1 Å². The summed E-state index contributed by atoms with van der Waals surface area (Å²) in [5.74, 6) is 1.50. The molecule has 0 aromatic rings. The van der Waals surface area contributed by atoms with Crippen molar-refractivity contribution in [2.24, 2.45) is 0 Å². The quantitative estimate of drug-likeness (QED) is 0.813. The van der Waals surface area contributed by atoms with Crippen LogP contribution in [0.25, 0.3) is 0 Å². The molecule has 2 fully saturated rings. The van der Waals surface area contributed by atoms with Crippen LogP contribution in [0, 0.1) is 0 Å². The van der Waals surface area contributed by atoms with Crippen LogP contribution in [-0.2, 0) is 4.79 Å². The lowest BCUT2D eigenvalue weighted by Crippen LogP contribution is -2.46. The second-order valence-corrected chi connectivity index (χ2v) is 6.18. The Morgan fingerprint density at radius 1 is 1.38 bits per heavy atom. The molecule has 2 atom stereocenters. The fraction of sp³-hybridized carbons (Fsp3) is 0.917. The first-order valence-electron chi connectivity index (χ1n) is 6.37. The monoisotopic (exact) mass is 242 g/mol. The molecule has 0 spiro atoms.